The quantitative estimate of drug-likeness (QED) is 0.0349. The molecular formula is C48H92O6. The molecule has 0 aliphatic carbocycles. The van der Waals surface area contributed by atoms with Crippen LogP contribution in [0.3, 0.4) is 0 Å². The Balaban J connectivity index is 4.25. The van der Waals surface area contributed by atoms with Gasteiger partial charge in [0.2, 0.25) is 0 Å². The Morgan fingerprint density at radius 2 is 0.500 bits per heavy atom. The average molecular weight is 765 g/mol. The van der Waals surface area contributed by atoms with Gasteiger partial charge in [0.1, 0.15) is 13.2 Å². The first-order valence-electron chi connectivity index (χ1n) is 24.0. The predicted molar refractivity (Wildman–Crippen MR) is 229 cm³/mol. The third kappa shape index (κ3) is 41.6. The maximum Gasteiger partial charge on any atom is 0.306 e. The summed E-state index contributed by atoms with van der Waals surface area (Å²) in [6.07, 6.45) is 45.1. The van der Waals surface area contributed by atoms with Crippen molar-refractivity contribution in [1.82, 2.24) is 0 Å². The molecule has 0 spiro atoms. The van der Waals surface area contributed by atoms with Crippen LogP contribution in [0.15, 0.2) is 0 Å². The van der Waals surface area contributed by atoms with E-state index in [9.17, 15) is 14.4 Å². The van der Waals surface area contributed by atoms with Gasteiger partial charge in [-0.2, -0.15) is 0 Å². The summed E-state index contributed by atoms with van der Waals surface area (Å²) >= 11 is 0. The van der Waals surface area contributed by atoms with Gasteiger partial charge in [0.05, 0.1) is 0 Å². The van der Waals surface area contributed by atoms with Crippen LogP contribution in [0.1, 0.15) is 271 Å². The lowest BCUT2D eigenvalue weighted by Crippen LogP contribution is -2.30. The molecule has 6 nitrogen and oxygen atoms in total. The minimum atomic E-state index is -0.757. The van der Waals surface area contributed by atoms with E-state index in [1.54, 1.807) is 0 Å². The predicted octanol–water partition coefficient (Wildman–Crippen LogP) is 15.3. The van der Waals surface area contributed by atoms with Crippen LogP contribution in [-0.2, 0) is 28.6 Å². The molecule has 0 aliphatic rings. The first kappa shape index (κ1) is 52.4. The highest BCUT2D eigenvalue weighted by atomic mass is 16.6. The van der Waals surface area contributed by atoms with E-state index in [2.05, 4.69) is 20.8 Å². The van der Waals surface area contributed by atoms with E-state index in [1.165, 1.54) is 173 Å². The summed E-state index contributed by atoms with van der Waals surface area (Å²) < 4.78 is 16.7. The summed E-state index contributed by atoms with van der Waals surface area (Å²) in [5.41, 5.74) is 0. The van der Waals surface area contributed by atoms with Crippen LogP contribution in [0.5, 0.6) is 0 Å². The molecule has 0 heterocycles. The molecule has 54 heavy (non-hydrogen) atoms. The second-order valence-corrected chi connectivity index (χ2v) is 16.4. The van der Waals surface area contributed by atoms with Gasteiger partial charge in [0.15, 0.2) is 6.10 Å². The molecule has 0 amide bonds. The molecule has 0 aliphatic heterocycles. The van der Waals surface area contributed by atoms with E-state index in [-0.39, 0.29) is 31.1 Å². The maximum atomic E-state index is 12.7. The average Bonchev–Trinajstić information content (AvgIpc) is 3.17. The van der Waals surface area contributed by atoms with Crippen LogP contribution in [0.25, 0.3) is 0 Å². The van der Waals surface area contributed by atoms with Crippen LogP contribution in [-0.4, -0.2) is 37.2 Å². The van der Waals surface area contributed by atoms with Crippen molar-refractivity contribution in [1.29, 1.82) is 0 Å². The number of hydrogen-bond acceptors (Lipinski definition) is 6. The molecule has 0 radical (unpaired) electrons. The Labute approximate surface area is 336 Å². The maximum absolute atomic E-state index is 12.7. The molecule has 0 saturated carbocycles. The molecule has 6 heteroatoms. The molecule has 0 N–H and O–H groups in total. The molecule has 0 aromatic carbocycles. The first-order valence-corrected chi connectivity index (χ1v) is 24.0. The zero-order valence-corrected chi connectivity index (χ0v) is 36.5. The molecule has 0 aromatic heterocycles. The number of ether oxygens (including phenoxy) is 3. The van der Waals surface area contributed by atoms with Crippen molar-refractivity contribution in [3.05, 3.63) is 0 Å². The number of rotatable bonds is 44. The molecule has 0 aromatic rings. The van der Waals surface area contributed by atoms with Gasteiger partial charge in [0.25, 0.3) is 0 Å². The van der Waals surface area contributed by atoms with Crippen LogP contribution < -0.4 is 0 Å². The van der Waals surface area contributed by atoms with Gasteiger partial charge >= 0.3 is 17.9 Å². The van der Waals surface area contributed by atoms with E-state index >= 15 is 0 Å². The highest BCUT2D eigenvalue weighted by Gasteiger charge is 2.19. The summed E-state index contributed by atoms with van der Waals surface area (Å²) in [6.45, 7) is 6.64. The van der Waals surface area contributed by atoms with E-state index < -0.39 is 6.10 Å². The van der Waals surface area contributed by atoms with Crippen LogP contribution in [0, 0.1) is 0 Å². The summed E-state index contributed by atoms with van der Waals surface area (Å²) in [6, 6.07) is 0. The Bertz CT molecular complexity index is 798. The number of esters is 3. The van der Waals surface area contributed by atoms with Gasteiger partial charge in [-0.25, -0.2) is 0 Å². The molecule has 0 fully saturated rings. The molecule has 1 atom stereocenters. The largest absolute Gasteiger partial charge is 0.462 e. The molecule has 0 unspecified atom stereocenters. The van der Waals surface area contributed by atoms with Crippen molar-refractivity contribution >= 4 is 17.9 Å². The monoisotopic (exact) mass is 765 g/mol. The number of hydrogen-bond donors (Lipinski definition) is 0. The lowest BCUT2D eigenvalue weighted by atomic mass is 10.0. The first-order chi connectivity index (χ1) is 26.5. The highest BCUT2D eigenvalue weighted by molar-refractivity contribution is 5.71. The van der Waals surface area contributed by atoms with E-state index in [0.717, 1.165) is 57.8 Å². The lowest BCUT2D eigenvalue weighted by Gasteiger charge is -2.18. The van der Waals surface area contributed by atoms with Crippen molar-refractivity contribution in [3.63, 3.8) is 0 Å². The Kier molecular flexibility index (Phi) is 42.8. The third-order valence-electron chi connectivity index (χ3n) is 10.9. The van der Waals surface area contributed by atoms with Gasteiger partial charge in [-0.05, 0) is 19.3 Å². The van der Waals surface area contributed by atoms with Gasteiger partial charge in [-0.3, -0.25) is 14.4 Å². The van der Waals surface area contributed by atoms with Gasteiger partial charge < -0.3 is 14.2 Å². The van der Waals surface area contributed by atoms with Crippen molar-refractivity contribution in [3.8, 4) is 0 Å². The fourth-order valence-corrected chi connectivity index (χ4v) is 7.21. The SMILES string of the molecule is CCCCCCCCCCCCCCCCCCC(=O)OC[C@H](COC(=O)CCCCCCCCCCCC)OC(=O)CCCCCCCCCCCC. The summed E-state index contributed by atoms with van der Waals surface area (Å²) in [5.74, 6) is -0.850. The van der Waals surface area contributed by atoms with Crippen molar-refractivity contribution < 1.29 is 28.6 Å². The lowest BCUT2D eigenvalue weighted by molar-refractivity contribution is -0.167. The van der Waals surface area contributed by atoms with Gasteiger partial charge in [0, 0.05) is 19.3 Å². The smallest absolute Gasteiger partial charge is 0.306 e. The van der Waals surface area contributed by atoms with Crippen molar-refractivity contribution in [2.45, 2.75) is 277 Å². The molecular weight excluding hydrogens is 673 g/mol. The fourth-order valence-electron chi connectivity index (χ4n) is 7.21. The van der Waals surface area contributed by atoms with E-state index in [4.69, 9.17) is 14.2 Å². The Hall–Kier alpha value is -1.59. The minimum absolute atomic E-state index is 0.0625. The molecule has 320 valence electrons. The van der Waals surface area contributed by atoms with E-state index in [1.807, 2.05) is 0 Å². The van der Waals surface area contributed by atoms with Crippen LogP contribution >= 0.6 is 0 Å². The summed E-state index contributed by atoms with van der Waals surface area (Å²) in [4.78, 5) is 37.7. The van der Waals surface area contributed by atoms with E-state index in [0.29, 0.717) is 19.3 Å². The second-order valence-electron chi connectivity index (χ2n) is 16.4. The third-order valence-corrected chi connectivity index (χ3v) is 10.9. The zero-order chi connectivity index (χ0) is 39.4. The number of carbonyl (C=O) groups excluding carboxylic acids is 3. The summed E-state index contributed by atoms with van der Waals surface area (Å²) in [7, 11) is 0. The standard InChI is InChI=1S/C48H92O6/c1-4-7-10-13-16-19-22-23-24-25-26-27-30-32-35-38-41-47(50)53-44-45(54-48(51)42-39-36-33-29-21-18-15-12-9-6-3)43-52-46(49)40-37-34-31-28-20-17-14-11-8-5-2/h45H,4-44H2,1-3H3/t45-/m0/s1. The zero-order valence-electron chi connectivity index (χ0n) is 36.5. The normalized spacial score (nSPS) is 11.8. The Morgan fingerprint density at radius 1 is 0.296 bits per heavy atom. The highest BCUT2D eigenvalue weighted by Crippen LogP contribution is 2.16. The second kappa shape index (κ2) is 44.1. The minimum Gasteiger partial charge on any atom is -0.462 e. The van der Waals surface area contributed by atoms with Crippen LogP contribution in [0.2, 0.25) is 0 Å². The number of carbonyl (C=O) groups is 3. The molecule has 0 rings (SSSR count). The van der Waals surface area contributed by atoms with Crippen LogP contribution in [0.4, 0.5) is 0 Å². The van der Waals surface area contributed by atoms with Crippen molar-refractivity contribution in [2.75, 3.05) is 13.2 Å². The summed E-state index contributed by atoms with van der Waals surface area (Å²) in [5, 5.41) is 0. The van der Waals surface area contributed by atoms with Gasteiger partial charge in [-0.15, -0.1) is 0 Å². The Morgan fingerprint density at radius 3 is 0.741 bits per heavy atom. The fraction of sp³-hybridized carbons (Fsp3) is 0.938. The molecule has 0 saturated heterocycles. The number of unbranched alkanes of at least 4 members (excludes halogenated alkanes) is 33. The molecule has 0 bridgehead atoms. The van der Waals surface area contributed by atoms with Gasteiger partial charge in [-0.1, -0.05) is 233 Å². The van der Waals surface area contributed by atoms with Crippen molar-refractivity contribution in [2.24, 2.45) is 0 Å². The topological polar surface area (TPSA) is 78.9 Å².